The van der Waals surface area contributed by atoms with Crippen LogP contribution in [0.5, 0.6) is 0 Å². The maximum absolute atomic E-state index is 11.8. The molecule has 0 aliphatic heterocycles. The Bertz CT molecular complexity index is 493. The van der Waals surface area contributed by atoms with Crippen LogP contribution in [-0.4, -0.2) is 33.7 Å². The molecule has 0 saturated carbocycles. The van der Waals surface area contributed by atoms with Crippen molar-refractivity contribution in [3.8, 4) is 5.69 Å². The summed E-state index contributed by atoms with van der Waals surface area (Å²) in [4.78, 5) is 15.7. The quantitative estimate of drug-likeness (QED) is 0.809. The Hall–Kier alpha value is -2.14. The van der Waals surface area contributed by atoms with Gasteiger partial charge in [0.05, 0.1) is 19.1 Å². The molecule has 0 atom stereocenters. The molecule has 1 aromatic heterocycles. The molecule has 2 N–H and O–H groups in total. The minimum atomic E-state index is -0.250. The summed E-state index contributed by atoms with van der Waals surface area (Å²) in [6, 6.07) is 9.48. The summed E-state index contributed by atoms with van der Waals surface area (Å²) in [5.74, 6) is -0.250. The molecule has 17 heavy (non-hydrogen) atoms. The van der Waals surface area contributed by atoms with Gasteiger partial charge in [0.1, 0.15) is 5.69 Å². The highest BCUT2D eigenvalue weighted by Gasteiger charge is 2.11. The summed E-state index contributed by atoms with van der Waals surface area (Å²) in [5, 5.41) is 11.3. The van der Waals surface area contributed by atoms with E-state index < -0.39 is 0 Å². The van der Waals surface area contributed by atoms with Crippen molar-refractivity contribution in [2.24, 2.45) is 0 Å². The maximum Gasteiger partial charge on any atom is 0.270 e. The van der Waals surface area contributed by atoms with Crippen LogP contribution in [0.3, 0.4) is 0 Å². The van der Waals surface area contributed by atoms with E-state index in [9.17, 15) is 4.79 Å². The van der Waals surface area contributed by atoms with E-state index >= 15 is 0 Å². The van der Waals surface area contributed by atoms with Gasteiger partial charge in [-0.3, -0.25) is 9.36 Å². The molecule has 1 aromatic carbocycles. The van der Waals surface area contributed by atoms with Crippen molar-refractivity contribution in [3.05, 3.63) is 48.5 Å². The van der Waals surface area contributed by atoms with Crippen LogP contribution in [0.1, 0.15) is 10.5 Å². The van der Waals surface area contributed by atoms with Crippen LogP contribution in [0.15, 0.2) is 42.9 Å². The normalized spacial score (nSPS) is 10.2. The summed E-state index contributed by atoms with van der Waals surface area (Å²) in [6.07, 6.45) is 3.09. The summed E-state index contributed by atoms with van der Waals surface area (Å²) < 4.78 is 1.70. The fourth-order valence-electron chi connectivity index (χ4n) is 1.52. The van der Waals surface area contributed by atoms with E-state index in [1.165, 1.54) is 6.20 Å². The third-order valence-corrected chi connectivity index (χ3v) is 2.30. The monoisotopic (exact) mass is 231 g/mol. The molecule has 5 nitrogen and oxygen atoms in total. The van der Waals surface area contributed by atoms with Gasteiger partial charge in [0.2, 0.25) is 0 Å². The third-order valence-electron chi connectivity index (χ3n) is 2.30. The van der Waals surface area contributed by atoms with E-state index in [2.05, 4.69) is 10.3 Å². The molecule has 5 heteroatoms. The number of hydrogen-bond donors (Lipinski definition) is 2. The van der Waals surface area contributed by atoms with Gasteiger partial charge >= 0.3 is 0 Å². The lowest BCUT2D eigenvalue weighted by molar-refractivity contribution is 0.0938. The molecule has 0 radical (unpaired) electrons. The number of hydrogen-bond acceptors (Lipinski definition) is 3. The van der Waals surface area contributed by atoms with Gasteiger partial charge in [-0.15, -0.1) is 0 Å². The summed E-state index contributed by atoms with van der Waals surface area (Å²) in [5.41, 5.74) is 1.32. The van der Waals surface area contributed by atoms with E-state index in [1.807, 2.05) is 30.3 Å². The molecule has 88 valence electrons. The first-order valence-corrected chi connectivity index (χ1v) is 5.30. The second-order valence-electron chi connectivity index (χ2n) is 3.46. The number of nitrogens with one attached hydrogen (secondary N) is 1. The van der Waals surface area contributed by atoms with Crippen molar-refractivity contribution in [1.29, 1.82) is 0 Å². The van der Waals surface area contributed by atoms with Gasteiger partial charge in [0, 0.05) is 12.2 Å². The van der Waals surface area contributed by atoms with Crippen LogP contribution in [0.2, 0.25) is 0 Å². The van der Waals surface area contributed by atoms with Crippen LogP contribution in [-0.2, 0) is 0 Å². The fourth-order valence-corrected chi connectivity index (χ4v) is 1.52. The smallest absolute Gasteiger partial charge is 0.270 e. The number of rotatable bonds is 4. The number of nitrogens with zero attached hydrogens (tertiary/aromatic N) is 2. The minimum Gasteiger partial charge on any atom is -0.395 e. The Labute approximate surface area is 98.7 Å². The standard InChI is InChI=1S/C12H13N3O2/c16-7-6-14-12(17)11-8-13-9-15(11)10-4-2-1-3-5-10/h1-5,8-9,16H,6-7H2,(H,14,17). The fraction of sp³-hybridized carbons (Fsp3) is 0.167. The Morgan fingerprint density at radius 1 is 1.35 bits per heavy atom. The Balaban J connectivity index is 2.26. The molecule has 0 fully saturated rings. The van der Waals surface area contributed by atoms with Gasteiger partial charge < -0.3 is 10.4 Å². The zero-order chi connectivity index (χ0) is 12.1. The number of carbonyl (C=O) groups is 1. The van der Waals surface area contributed by atoms with Crippen molar-refractivity contribution in [2.75, 3.05) is 13.2 Å². The number of aliphatic hydroxyl groups is 1. The SMILES string of the molecule is O=C(NCCO)c1cncn1-c1ccccc1. The first kappa shape index (κ1) is 11.3. The number of imidazole rings is 1. The van der Waals surface area contributed by atoms with E-state index in [1.54, 1.807) is 10.9 Å². The molecule has 2 rings (SSSR count). The number of para-hydroxylation sites is 1. The molecule has 0 saturated heterocycles. The molecule has 0 spiro atoms. The van der Waals surface area contributed by atoms with Crippen LogP contribution < -0.4 is 5.32 Å². The Kier molecular flexibility index (Phi) is 3.52. The predicted molar refractivity (Wildman–Crippen MR) is 63.0 cm³/mol. The van der Waals surface area contributed by atoms with Crippen molar-refractivity contribution >= 4 is 5.91 Å². The topological polar surface area (TPSA) is 67.2 Å². The van der Waals surface area contributed by atoms with Gasteiger partial charge in [-0.25, -0.2) is 4.98 Å². The predicted octanol–water partition coefficient (Wildman–Crippen LogP) is 0.594. The van der Waals surface area contributed by atoms with Gasteiger partial charge in [-0.05, 0) is 12.1 Å². The molecule has 1 amide bonds. The third kappa shape index (κ3) is 2.51. The summed E-state index contributed by atoms with van der Waals surface area (Å²) in [7, 11) is 0. The van der Waals surface area contributed by atoms with Crippen LogP contribution in [0, 0.1) is 0 Å². The van der Waals surface area contributed by atoms with Crippen molar-refractivity contribution in [3.63, 3.8) is 0 Å². The lowest BCUT2D eigenvalue weighted by Gasteiger charge is -2.07. The Morgan fingerprint density at radius 3 is 2.82 bits per heavy atom. The minimum absolute atomic E-state index is 0.0782. The lowest BCUT2D eigenvalue weighted by Crippen LogP contribution is -2.28. The van der Waals surface area contributed by atoms with Crippen LogP contribution in [0.4, 0.5) is 0 Å². The molecular weight excluding hydrogens is 218 g/mol. The van der Waals surface area contributed by atoms with E-state index in [-0.39, 0.29) is 19.1 Å². The molecule has 0 aliphatic rings. The highest BCUT2D eigenvalue weighted by atomic mass is 16.3. The van der Waals surface area contributed by atoms with Gasteiger partial charge in [0.25, 0.3) is 5.91 Å². The summed E-state index contributed by atoms with van der Waals surface area (Å²) in [6.45, 7) is 0.157. The maximum atomic E-state index is 11.8. The van der Waals surface area contributed by atoms with Gasteiger partial charge in [0.15, 0.2) is 0 Å². The zero-order valence-electron chi connectivity index (χ0n) is 9.21. The number of aliphatic hydroxyl groups excluding tert-OH is 1. The average molecular weight is 231 g/mol. The van der Waals surface area contributed by atoms with Crippen molar-refractivity contribution in [2.45, 2.75) is 0 Å². The van der Waals surface area contributed by atoms with E-state index in [0.717, 1.165) is 5.69 Å². The van der Waals surface area contributed by atoms with Gasteiger partial charge in [-0.2, -0.15) is 0 Å². The highest BCUT2D eigenvalue weighted by Crippen LogP contribution is 2.10. The largest absolute Gasteiger partial charge is 0.395 e. The number of carbonyl (C=O) groups excluding carboxylic acids is 1. The first-order valence-electron chi connectivity index (χ1n) is 5.30. The number of benzene rings is 1. The molecule has 1 heterocycles. The van der Waals surface area contributed by atoms with E-state index in [0.29, 0.717) is 5.69 Å². The van der Waals surface area contributed by atoms with Crippen molar-refractivity contribution in [1.82, 2.24) is 14.9 Å². The molecule has 0 bridgehead atoms. The molecule has 0 unspecified atom stereocenters. The van der Waals surface area contributed by atoms with Gasteiger partial charge in [-0.1, -0.05) is 18.2 Å². The summed E-state index contributed by atoms with van der Waals surface area (Å²) >= 11 is 0. The first-order chi connectivity index (χ1) is 8.33. The zero-order valence-corrected chi connectivity index (χ0v) is 9.21. The molecular formula is C12H13N3O2. The number of amides is 1. The molecule has 0 aliphatic carbocycles. The second kappa shape index (κ2) is 5.27. The lowest BCUT2D eigenvalue weighted by atomic mass is 10.3. The average Bonchev–Trinajstić information content (AvgIpc) is 2.86. The second-order valence-corrected chi connectivity index (χ2v) is 3.46. The van der Waals surface area contributed by atoms with Crippen LogP contribution in [0.25, 0.3) is 5.69 Å². The molecule has 2 aromatic rings. The van der Waals surface area contributed by atoms with Crippen LogP contribution >= 0.6 is 0 Å². The Morgan fingerprint density at radius 2 is 2.12 bits per heavy atom. The van der Waals surface area contributed by atoms with E-state index in [4.69, 9.17) is 5.11 Å². The van der Waals surface area contributed by atoms with Crippen molar-refractivity contribution < 1.29 is 9.90 Å². The number of aromatic nitrogens is 2. The highest BCUT2D eigenvalue weighted by molar-refractivity contribution is 5.92.